The third kappa shape index (κ3) is 4.87. The Kier molecular flexibility index (Phi) is 5.77. The van der Waals surface area contributed by atoms with E-state index >= 15 is 0 Å². The van der Waals surface area contributed by atoms with Gasteiger partial charge in [-0.3, -0.25) is 4.79 Å². The molecule has 2 rings (SSSR count). The Morgan fingerprint density at radius 1 is 1.33 bits per heavy atom. The number of anilines is 1. The Balaban J connectivity index is 1.88. The Morgan fingerprint density at radius 2 is 2.05 bits per heavy atom. The third-order valence-electron chi connectivity index (χ3n) is 4.13. The zero-order valence-corrected chi connectivity index (χ0v) is 12.6. The lowest BCUT2D eigenvalue weighted by Crippen LogP contribution is -2.96. The molecule has 1 atom stereocenters. The fourth-order valence-corrected chi connectivity index (χ4v) is 2.92. The van der Waals surface area contributed by atoms with Crippen molar-refractivity contribution < 1.29 is 10.1 Å². The Morgan fingerprint density at radius 3 is 2.71 bits per heavy atom. The second-order valence-corrected chi connectivity index (χ2v) is 5.91. The highest BCUT2D eigenvalue weighted by molar-refractivity contribution is 5.93. The van der Waals surface area contributed by atoms with Crippen molar-refractivity contribution in [3.8, 4) is 6.07 Å². The van der Waals surface area contributed by atoms with Crippen LogP contribution in [-0.4, -0.2) is 18.0 Å². The third-order valence-corrected chi connectivity index (χ3v) is 4.13. The predicted molar refractivity (Wildman–Crippen MR) is 82.7 cm³/mol. The summed E-state index contributed by atoms with van der Waals surface area (Å²) in [5.74, 6) is 0.00865. The van der Waals surface area contributed by atoms with E-state index < -0.39 is 0 Å². The van der Waals surface area contributed by atoms with Crippen LogP contribution < -0.4 is 10.6 Å². The molecule has 1 saturated carbocycles. The number of rotatable bonds is 4. The van der Waals surface area contributed by atoms with Gasteiger partial charge < -0.3 is 10.6 Å². The van der Waals surface area contributed by atoms with Gasteiger partial charge in [0.15, 0.2) is 6.04 Å². The number of nitrogens with two attached hydrogens (primary N) is 1. The predicted octanol–water partition coefficient (Wildman–Crippen LogP) is 2.17. The highest BCUT2D eigenvalue weighted by atomic mass is 16.2. The molecule has 0 saturated heterocycles. The van der Waals surface area contributed by atoms with Crippen molar-refractivity contribution in [2.45, 2.75) is 57.5 Å². The van der Waals surface area contributed by atoms with E-state index in [1.165, 1.54) is 38.5 Å². The monoisotopic (exact) mass is 286 g/mol. The van der Waals surface area contributed by atoms with E-state index in [4.69, 9.17) is 5.26 Å². The number of nitrogens with zero attached hydrogens (tertiary/aromatic N) is 1. The maximum Gasteiger partial charge on any atom is 0.282 e. The summed E-state index contributed by atoms with van der Waals surface area (Å²) in [5, 5.41) is 14.0. The summed E-state index contributed by atoms with van der Waals surface area (Å²) < 4.78 is 0. The van der Waals surface area contributed by atoms with Crippen LogP contribution in [0.1, 0.15) is 51.0 Å². The topological polar surface area (TPSA) is 69.5 Å². The van der Waals surface area contributed by atoms with Crippen molar-refractivity contribution in [3.05, 3.63) is 29.8 Å². The molecule has 0 bridgehead atoms. The quantitative estimate of drug-likeness (QED) is 0.833. The minimum Gasteiger partial charge on any atom is -0.334 e. The van der Waals surface area contributed by atoms with Gasteiger partial charge in [-0.1, -0.05) is 18.9 Å². The average molecular weight is 286 g/mol. The fraction of sp³-hybridized carbons (Fsp3) is 0.529. The molecular formula is C17H24N3O+. The normalized spacial score (nSPS) is 17.5. The molecule has 21 heavy (non-hydrogen) atoms. The van der Waals surface area contributed by atoms with E-state index in [0.717, 1.165) is 0 Å². The van der Waals surface area contributed by atoms with Crippen molar-refractivity contribution in [2.75, 3.05) is 5.32 Å². The molecule has 1 aliphatic carbocycles. The van der Waals surface area contributed by atoms with Gasteiger partial charge in [-0.2, -0.15) is 5.26 Å². The standard InChI is InChI=1S/C17H23N3O/c1-13(19-15-8-4-2-3-5-9-15)17(21)20-16-10-6-7-14(11-16)12-18/h6-7,10-11,13,15,19H,2-5,8-9H2,1H3,(H,20,21)/p+1/t13-/m0/s1. The van der Waals surface area contributed by atoms with Crippen molar-refractivity contribution in [3.63, 3.8) is 0 Å². The first-order valence-electron chi connectivity index (χ1n) is 7.85. The summed E-state index contributed by atoms with van der Waals surface area (Å²) in [5.41, 5.74) is 1.26. The number of benzene rings is 1. The number of hydrogen-bond acceptors (Lipinski definition) is 2. The molecule has 1 aromatic rings. The number of nitriles is 1. The second kappa shape index (κ2) is 7.80. The van der Waals surface area contributed by atoms with Gasteiger partial charge in [0.05, 0.1) is 17.7 Å². The molecule has 3 N–H and O–H groups in total. The van der Waals surface area contributed by atoms with Crippen LogP contribution in [0.4, 0.5) is 5.69 Å². The molecule has 0 aromatic heterocycles. The van der Waals surface area contributed by atoms with E-state index in [-0.39, 0.29) is 11.9 Å². The van der Waals surface area contributed by atoms with Crippen molar-refractivity contribution in [1.29, 1.82) is 5.26 Å². The average Bonchev–Trinajstić information content (AvgIpc) is 2.76. The van der Waals surface area contributed by atoms with Crippen molar-refractivity contribution in [1.82, 2.24) is 0 Å². The van der Waals surface area contributed by atoms with Gasteiger partial charge >= 0.3 is 0 Å². The molecule has 0 spiro atoms. The van der Waals surface area contributed by atoms with Crippen LogP contribution >= 0.6 is 0 Å². The largest absolute Gasteiger partial charge is 0.334 e. The smallest absolute Gasteiger partial charge is 0.282 e. The number of carbonyl (C=O) groups excluding carboxylic acids is 1. The lowest BCUT2D eigenvalue weighted by Gasteiger charge is -2.18. The van der Waals surface area contributed by atoms with Crippen LogP contribution in [0.2, 0.25) is 0 Å². The van der Waals surface area contributed by atoms with Crippen molar-refractivity contribution in [2.24, 2.45) is 0 Å². The van der Waals surface area contributed by atoms with Gasteiger partial charge in [0, 0.05) is 5.69 Å². The molecule has 112 valence electrons. The summed E-state index contributed by atoms with van der Waals surface area (Å²) in [6, 6.07) is 9.59. The Hall–Kier alpha value is -1.86. The Bertz CT molecular complexity index is 513. The lowest BCUT2D eigenvalue weighted by atomic mass is 10.1. The summed E-state index contributed by atoms with van der Waals surface area (Å²) in [6.07, 6.45) is 7.63. The fourth-order valence-electron chi connectivity index (χ4n) is 2.92. The van der Waals surface area contributed by atoms with E-state index in [2.05, 4.69) is 16.7 Å². The second-order valence-electron chi connectivity index (χ2n) is 5.91. The van der Waals surface area contributed by atoms with Gasteiger partial charge in [0.1, 0.15) is 0 Å². The highest BCUT2D eigenvalue weighted by Gasteiger charge is 2.22. The SMILES string of the molecule is C[C@H]([NH2+]C1CCCCCC1)C(=O)Nc1cccc(C#N)c1. The van der Waals surface area contributed by atoms with Gasteiger partial charge in [-0.15, -0.1) is 0 Å². The number of hydrogen-bond donors (Lipinski definition) is 2. The van der Waals surface area contributed by atoms with Gasteiger partial charge in [-0.25, -0.2) is 0 Å². The van der Waals surface area contributed by atoms with Crippen molar-refractivity contribution >= 4 is 11.6 Å². The maximum atomic E-state index is 12.2. The maximum absolute atomic E-state index is 12.2. The molecule has 1 fully saturated rings. The van der Waals surface area contributed by atoms with Crippen LogP contribution in [0.25, 0.3) is 0 Å². The van der Waals surface area contributed by atoms with Gasteiger partial charge in [0.2, 0.25) is 0 Å². The molecule has 0 radical (unpaired) electrons. The first-order valence-corrected chi connectivity index (χ1v) is 7.85. The van der Waals surface area contributed by atoms with E-state index in [9.17, 15) is 4.79 Å². The molecule has 0 heterocycles. The van der Waals surface area contributed by atoms with Crippen LogP contribution in [0, 0.1) is 11.3 Å². The molecule has 0 aliphatic heterocycles. The molecule has 0 unspecified atom stereocenters. The zero-order valence-electron chi connectivity index (χ0n) is 12.6. The first-order chi connectivity index (χ1) is 10.2. The number of carbonyl (C=O) groups is 1. The summed E-state index contributed by atoms with van der Waals surface area (Å²) in [6.45, 7) is 1.95. The van der Waals surface area contributed by atoms with Crippen LogP contribution in [0.3, 0.4) is 0 Å². The zero-order chi connectivity index (χ0) is 15.1. The molecular weight excluding hydrogens is 262 g/mol. The molecule has 1 aliphatic rings. The molecule has 1 aromatic carbocycles. The lowest BCUT2D eigenvalue weighted by molar-refractivity contribution is -0.707. The number of quaternary nitrogens is 1. The van der Waals surface area contributed by atoms with E-state index in [1.807, 2.05) is 13.0 Å². The number of nitrogens with one attached hydrogen (secondary N) is 1. The van der Waals surface area contributed by atoms with Gasteiger partial charge in [0.25, 0.3) is 5.91 Å². The minimum absolute atomic E-state index is 0.00865. The van der Waals surface area contributed by atoms with E-state index in [1.54, 1.807) is 18.2 Å². The summed E-state index contributed by atoms with van der Waals surface area (Å²) in [7, 11) is 0. The van der Waals surface area contributed by atoms with Gasteiger partial charge in [-0.05, 0) is 50.8 Å². The minimum atomic E-state index is -0.0983. The van der Waals surface area contributed by atoms with Crippen LogP contribution in [-0.2, 0) is 4.79 Å². The molecule has 4 heteroatoms. The summed E-state index contributed by atoms with van der Waals surface area (Å²) in [4.78, 5) is 12.2. The summed E-state index contributed by atoms with van der Waals surface area (Å²) >= 11 is 0. The molecule has 1 amide bonds. The van der Waals surface area contributed by atoms with Crippen LogP contribution in [0.15, 0.2) is 24.3 Å². The first kappa shape index (κ1) is 15.5. The highest BCUT2D eigenvalue weighted by Crippen LogP contribution is 2.15. The van der Waals surface area contributed by atoms with E-state index in [0.29, 0.717) is 17.3 Å². The Labute approximate surface area is 126 Å². The molecule has 4 nitrogen and oxygen atoms in total. The van der Waals surface area contributed by atoms with Crippen LogP contribution in [0.5, 0.6) is 0 Å². The number of amides is 1.